The third-order valence-electron chi connectivity index (χ3n) is 4.78. The van der Waals surface area contributed by atoms with Gasteiger partial charge >= 0.3 is 0 Å². The summed E-state index contributed by atoms with van der Waals surface area (Å²) in [7, 11) is 0. The van der Waals surface area contributed by atoms with Gasteiger partial charge in [0.25, 0.3) is 5.91 Å². The number of fused-ring (bicyclic) bond motifs is 1. The van der Waals surface area contributed by atoms with Crippen LogP contribution in [0.2, 0.25) is 0 Å². The second kappa shape index (κ2) is 7.70. The Morgan fingerprint density at radius 3 is 2.65 bits per heavy atom. The number of ether oxygens (including phenoxy) is 2. The SMILES string of the molecule is O=C(c1ccccc1)c1c(NC(=O)[C@H]2COCCO2)sc2c1CCCC2. The minimum Gasteiger partial charge on any atom is -0.376 e. The fourth-order valence-corrected chi connectivity index (χ4v) is 4.75. The van der Waals surface area contributed by atoms with Gasteiger partial charge < -0.3 is 14.8 Å². The lowest BCUT2D eigenvalue weighted by Gasteiger charge is -2.22. The molecule has 5 nitrogen and oxygen atoms in total. The number of hydrogen-bond acceptors (Lipinski definition) is 5. The number of anilines is 1. The van der Waals surface area contributed by atoms with Crippen molar-refractivity contribution in [2.24, 2.45) is 0 Å². The summed E-state index contributed by atoms with van der Waals surface area (Å²) in [6.45, 7) is 1.17. The van der Waals surface area contributed by atoms with E-state index in [-0.39, 0.29) is 18.3 Å². The average molecular weight is 371 g/mol. The van der Waals surface area contributed by atoms with Gasteiger partial charge in [0.05, 0.1) is 25.4 Å². The molecule has 0 spiro atoms. The molecule has 4 rings (SSSR count). The number of aryl methyl sites for hydroxylation is 1. The van der Waals surface area contributed by atoms with Crippen LogP contribution in [0.15, 0.2) is 30.3 Å². The van der Waals surface area contributed by atoms with Gasteiger partial charge in [0.15, 0.2) is 11.9 Å². The van der Waals surface area contributed by atoms with Crippen molar-refractivity contribution in [1.29, 1.82) is 0 Å². The molecular formula is C20H21NO4S. The number of carbonyl (C=O) groups is 2. The van der Waals surface area contributed by atoms with Crippen molar-refractivity contribution >= 4 is 28.0 Å². The van der Waals surface area contributed by atoms with Crippen LogP contribution in [0.1, 0.15) is 39.2 Å². The minimum atomic E-state index is -0.623. The third kappa shape index (κ3) is 3.45. The maximum absolute atomic E-state index is 13.2. The Bertz CT molecular complexity index is 809. The molecule has 1 N–H and O–H groups in total. The number of nitrogens with one attached hydrogen (secondary N) is 1. The van der Waals surface area contributed by atoms with Crippen molar-refractivity contribution in [1.82, 2.24) is 0 Å². The summed E-state index contributed by atoms with van der Waals surface area (Å²) in [5.41, 5.74) is 2.40. The fraction of sp³-hybridized carbons (Fsp3) is 0.400. The number of benzene rings is 1. The summed E-state index contributed by atoms with van der Waals surface area (Å²) in [5.74, 6) is -0.272. The zero-order valence-corrected chi connectivity index (χ0v) is 15.3. The molecule has 6 heteroatoms. The first-order valence-corrected chi connectivity index (χ1v) is 9.80. The van der Waals surface area contributed by atoms with Crippen LogP contribution in [0.25, 0.3) is 0 Å². The molecule has 0 radical (unpaired) electrons. The molecule has 2 heterocycles. The van der Waals surface area contributed by atoms with E-state index >= 15 is 0 Å². The summed E-state index contributed by atoms with van der Waals surface area (Å²) >= 11 is 1.53. The van der Waals surface area contributed by atoms with Crippen molar-refractivity contribution in [2.45, 2.75) is 31.8 Å². The van der Waals surface area contributed by atoms with Crippen LogP contribution in [-0.4, -0.2) is 37.6 Å². The van der Waals surface area contributed by atoms with Gasteiger partial charge in [-0.3, -0.25) is 9.59 Å². The summed E-state index contributed by atoms with van der Waals surface area (Å²) in [6.07, 6.45) is 3.43. The van der Waals surface area contributed by atoms with Crippen LogP contribution < -0.4 is 5.32 Å². The number of amides is 1. The number of rotatable bonds is 4. The lowest BCUT2D eigenvalue weighted by atomic mass is 9.92. The van der Waals surface area contributed by atoms with Crippen molar-refractivity contribution < 1.29 is 19.1 Å². The summed E-state index contributed by atoms with van der Waals surface area (Å²) in [4.78, 5) is 26.9. The quantitative estimate of drug-likeness (QED) is 0.838. The first kappa shape index (κ1) is 17.4. The monoisotopic (exact) mass is 371 g/mol. The third-order valence-corrected chi connectivity index (χ3v) is 5.99. The van der Waals surface area contributed by atoms with Gasteiger partial charge in [-0.05, 0) is 31.2 Å². The van der Waals surface area contributed by atoms with Crippen molar-refractivity contribution in [3.05, 3.63) is 51.9 Å². The highest BCUT2D eigenvalue weighted by Gasteiger charge is 2.29. The topological polar surface area (TPSA) is 64.6 Å². The van der Waals surface area contributed by atoms with E-state index in [1.54, 1.807) is 0 Å². The number of ketones is 1. The maximum Gasteiger partial charge on any atom is 0.256 e. The second-order valence-electron chi connectivity index (χ2n) is 6.53. The van der Waals surface area contributed by atoms with E-state index in [0.29, 0.717) is 29.3 Å². The van der Waals surface area contributed by atoms with Gasteiger partial charge in [0, 0.05) is 10.4 Å². The molecule has 1 aromatic heterocycles. The van der Waals surface area contributed by atoms with Gasteiger partial charge in [-0.15, -0.1) is 11.3 Å². The largest absolute Gasteiger partial charge is 0.376 e. The molecule has 1 amide bonds. The highest BCUT2D eigenvalue weighted by atomic mass is 32.1. The highest BCUT2D eigenvalue weighted by Crippen LogP contribution is 2.39. The molecule has 2 aromatic rings. The number of carbonyl (C=O) groups excluding carboxylic acids is 2. The Hall–Kier alpha value is -2.02. The molecule has 0 bridgehead atoms. The summed E-state index contributed by atoms with van der Waals surface area (Å²) in [5, 5.41) is 3.59. The Kier molecular flexibility index (Phi) is 5.15. The molecule has 1 aliphatic heterocycles. The standard InChI is InChI=1S/C20H21NO4S/c22-18(13-6-2-1-3-7-13)17-14-8-4-5-9-16(14)26-20(17)21-19(23)15-12-24-10-11-25-15/h1-3,6-7,15H,4-5,8-12H2,(H,21,23)/t15-/m1/s1. The molecule has 1 aliphatic carbocycles. The Labute approximate surface area is 156 Å². The van der Waals surface area contributed by atoms with Gasteiger partial charge in [-0.2, -0.15) is 0 Å². The zero-order chi connectivity index (χ0) is 17.9. The molecule has 1 atom stereocenters. The van der Waals surface area contributed by atoms with Gasteiger partial charge in [-0.25, -0.2) is 0 Å². The van der Waals surface area contributed by atoms with Crippen LogP contribution >= 0.6 is 11.3 Å². The number of hydrogen-bond donors (Lipinski definition) is 1. The van der Waals surface area contributed by atoms with Gasteiger partial charge in [0.2, 0.25) is 0 Å². The molecular weight excluding hydrogens is 350 g/mol. The van der Waals surface area contributed by atoms with Crippen LogP contribution in [0.5, 0.6) is 0 Å². The average Bonchev–Trinajstić information content (AvgIpc) is 3.06. The molecule has 2 aliphatic rings. The Morgan fingerprint density at radius 1 is 1.08 bits per heavy atom. The predicted molar refractivity (Wildman–Crippen MR) is 100 cm³/mol. The van der Waals surface area contributed by atoms with Crippen molar-refractivity contribution in [2.75, 3.05) is 25.1 Å². The normalized spacial score (nSPS) is 19.6. The van der Waals surface area contributed by atoms with E-state index in [4.69, 9.17) is 9.47 Å². The van der Waals surface area contributed by atoms with Gasteiger partial charge in [0.1, 0.15) is 5.00 Å². The molecule has 1 aromatic carbocycles. The van der Waals surface area contributed by atoms with E-state index in [0.717, 1.165) is 31.2 Å². The van der Waals surface area contributed by atoms with Gasteiger partial charge in [-0.1, -0.05) is 30.3 Å². The molecule has 26 heavy (non-hydrogen) atoms. The van der Waals surface area contributed by atoms with E-state index in [2.05, 4.69) is 5.32 Å². The molecule has 136 valence electrons. The van der Waals surface area contributed by atoms with Crippen molar-refractivity contribution in [3.63, 3.8) is 0 Å². The first-order chi connectivity index (χ1) is 12.7. The molecule has 1 saturated heterocycles. The molecule has 0 unspecified atom stereocenters. The maximum atomic E-state index is 13.2. The van der Waals surface area contributed by atoms with E-state index in [9.17, 15) is 9.59 Å². The van der Waals surface area contributed by atoms with Crippen LogP contribution in [0, 0.1) is 0 Å². The predicted octanol–water partition coefficient (Wildman–Crippen LogP) is 3.21. The Morgan fingerprint density at radius 2 is 1.88 bits per heavy atom. The minimum absolute atomic E-state index is 0.0267. The molecule has 1 fully saturated rings. The lowest BCUT2D eigenvalue weighted by Crippen LogP contribution is -2.39. The second-order valence-corrected chi connectivity index (χ2v) is 7.64. The van der Waals surface area contributed by atoms with E-state index in [1.807, 2.05) is 30.3 Å². The van der Waals surface area contributed by atoms with Crippen LogP contribution in [0.3, 0.4) is 0 Å². The number of thiophene rings is 1. The zero-order valence-electron chi connectivity index (χ0n) is 14.5. The van der Waals surface area contributed by atoms with Crippen LogP contribution in [-0.2, 0) is 27.1 Å². The molecule has 0 saturated carbocycles. The fourth-order valence-electron chi connectivity index (χ4n) is 3.46. The summed E-state index contributed by atoms with van der Waals surface area (Å²) < 4.78 is 10.8. The summed E-state index contributed by atoms with van der Waals surface area (Å²) in [6, 6.07) is 9.25. The Balaban J connectivity index is 1.66. The smallest absolute Gasteiger partial charge is 0.256 e. The van der Waals surface area contributed by atoms with Crippen LogP contribution in [0.4, 0.5) is 5.00 Å². The lowest BCUT2D eigenvalue weighted by molar-refractivity contribution is -0.142. The first-order valence-electron chi connectivity index (χ1n) is 8.98. The van der Waals surface area contributed by atoms with E-state index in [1.165, 1.54) is 16.2 Å². The van der Waals surface area contributed by atoms with Crippen molar-refractivity contribution in [3.8, 4) is 0 Å². The van der Waals surface area contributed by atoms with E-state index < -0.39 is 6.10 Å². The highest BCUT2D eigenvalue weighted by molar-refractivity contribution is 7.17.